The van der Waals surface area contributed by atoms with Crippen LogP contribution in [-0.2, 0) is 26.2 Å². The second-order valence-corrected chi connectivity index (χ2v) is 10.4. The summed E-state index contributed by atoms with van der Waals surface area (Å²) in [5, 5.41) is 14.0. The Hall–Kier alpha value is -3.54. The molecule has 0 fully saturated rings. The minimum atomic E-state index is -4.04. The predicted molar refractivity (Wildman–Crippen MR) is 130 cm³/mol. The van der Waals surface area contributed by atoms with E-state index in [4.69, 9.17) is 0 Å². The molecule has 10 nitrogen and oxygen atoms in total. The van der Waals surface area contributed by atoms with E-state index in [1.807, 2.05) is 0 Å². The molecule has 2 amide bonds. The fourth-order valence-corrected chi connectivity index (χ4v) is 4.25. The molecule has 1 atom stereocenters. The van der Waals surface area contributed by atoms with Crippen molar-refractivity contribution in [1.29, 1.82) is 0 Å². The average molecular weight is 509 g/mol. The summed E-state index contributed by atoms with van der Waals surface area (Å²) in [6, 6.07) is 7.88. The lowest BCUT2D eigenvalue weighted by Gasteiger charge is -2.32. The standard InChI is InChI=1S/C23H29FN4O6S/c1-15(2)25-23(30)17(4)26(13-18-7-9-19(24)10-8-18)22(29)14-27(35(5,33)34)21-12-20(28(31)32)11-6-16(21)3/h6-12,15,17H,13-14H2,1-5H3,(H,25,30)/t17-/m0/s1. The zero-order valence-corrected chi connectivity index (χ0v) is 21.0. The molecule has 0 unspecified atom stereocenters. The van der Waals surface area contributed by atoms with Crippen molar-refractivity contribution >= 4 is 33.2 Å². The first-order valence-electron chi connectivity index (χ1n) is 10.8. The van der Waals surface area contributed by atoms with Gasteiger partial charge in [-0.25, -0.2) is 12.8 Å². The SMILES string of the molecule is Cc1ccc([N+](=O)[O-])cc1N(CC(=O)N(Cc1ccc(F)cc1)[C@@H](C)C(=O)NC(C)C)S(C)(=O)=O. The van der Waals surface area contributed by atoms with Crippen LogP contribution in [0.1, 0.15) is 31.9 Å². The smallest absolute Gasteiger partial charge is 0.271 e. The number of carbonyl (C=O) groups is 2. The van der Waals surface area contributed by atoms with Gasteiger partial charge in [0.15, 0.2) is 0 Å². The highest BCUT2D eigenvalue weighted by atomic mass is 32.2. The summed E-state index contributed by atoms with van der Waals surface area (Å²) in [5.74, 6) is -1.63. The molecule has 1 N–H and O–H groups in total. The van der Waals surface area contributed by atoms with Gasteiger partial charge in [0.05, 0.1) is 16.9 Å². The van der Waals surface area contributed by atoms with E-state index in [2.05, 4.69) is 5.32 Å². The van der Waals surface area contributed by atoms with Crippen molar-refractivity contribution in [2.75, 3.05) is 17.1 Å². The van der Waals surface area contributed by atoms with Crippen molar-refractivity contribution in [3.63, 3.8) is 0 Å². The van der Waals surface area contributed by atoms with Gasteiger partial charge in [-0.2, -0.15) is 0 Å². The van der Waals surface area contributed by atoms with Crippen LogP contribution < -0.4 is 9.62 Å². The van der Waals surface area contributed by atoms with Gasteiger partial charge in [-0.15, -0.1) is 0 Å². The molecule has 2 aromatic rings. The third-order valence-corrected chi connectivity index (χ3v) is 6.34. The number of benzene rings is 2. The molecule has 0 aliphatic rings. The number of hydrogen-bond acceptors (Lipinski definition) is 6. The first kappa shape index (κ1) is 27.7. The number of carbonyl (C=O) groups excluding carboxylic acids is 2. The Morgan fingerprint density at radius 3 is 2.23 bits per heavy atom. The molecule has 0 aliphatic heterocycles. The quantitative estimate of drug-likeness (QED) is 0.388. The van der Waals surface area contributed by atoms with E-state index in [0.29, 0.717) is 11.1 Å². The summed E-state index contributed by atoms with van der Waals surface area (Å²) >= 11 is 0. The lowest BCUT2D eigenvalue weighted by molar-refractivity contribution is -0.384. The number of sulfonamides is 1. The Labute approximate surface area is 203 Å². The molecular formula is C23H29FN4O6S. The Morgan fingerprint density at radius 1 is 1.11 bits per heavy atom. The number of anilines is 1. The maximum atomic E-state index is 13.4. The summed E-state index contributed by atoms with van der Waals surface area (Å²) in [5.41, 5.74) is 0.585. The van der Waals surface area contributed by atoms with Gasteiger partial charge >= 0.3 is 0 Å². The molecule has 0 radical (unpaired) electrons. The molecule has 0 aromatic heterocycles. The van der Waals surface area contributed by atoms with E-state index in [1.54, 1.807) is 20.8 Å². The normalized spacial score (nSPS) is 12.2. The summed E-state index contributed by atoms with van der Waals surface area (Å²) < 4.78 is 39.4. The second kappa shape index (κ2) is 11.3. The molecule has 35 heavy (non-hydrogen) atoms. The number of amides is 2. The number of nitro benzene ring substituents is 1. The van der Waals surface area contributed by atoms with E-state index in [0.717, 1.165) is 16.6 Å². The van der Waals surface area contributed by atoms with Crippen molar-refractivity contribution < 1.29 is 27.3 Å². The Balaban J connectivity index is 2.47. The largest absolute Gasteiger partial charge is 0.352 e. The Morgan fingerprint density at radius 2 is 1.71 bits per heavy atom. The highest BCUT2D eigenvalue weighted by molar-refractivity contribution is 7.92. The molecule has 0 bridgehead atoms. The second-order valence-electron chi connectivity index (χ2n) is 8.48. The average Bonchev–Trinajstić information content (AvgIpc) is 2.75. The number of aryl methyl sites for hydroxylation is 1. The molecule has 0 saturated heterocycles. The van der Waals surface area contributed by atoms with Gasteiger partial charge in [0, 0.05) is 24.7 Å². The van der Waals surface area contributed by atoms with Crippen LogP contribution in [0.3, 0.4) is 0 Å². The topological polar surface area (TPSA) is 130 Å². The van der Waals surface area contributed by atoms with Gasteiger partial charge in [-0.3, -0.25) is 24.0 Å². The van der Waals surface area contributed by atoms with Gasteiger partial charge in [0.25, 0.3) is 5.69 Å². The van der Waals surface area contributed by atoms with Gasteiger partial charge in [-0.1, -0.05) is 18.2 Å². The zero-order valence-electron chi connectivity index (χ0n) is 20.2. The maximum absolute atomic E-state index is 13.4. The highest BCUT2D eigenvalue weighted by Crippen LogP contribution is 2.28. The van der Waals surface area contributed by atoms with Gasteiger partial charge < -0.3 is 10.2 Å². The van der Waals surface area contributed by atoms with E-state index >= 15 is 0 Å². The first-order valence-corrected chi connectivity index (χ1v) is 12.6. The number of rotatable bonds is 10. The van der Waals surface area contributed by atoms with Crippen LogP contribution in [0.4, 0.5) is 15.8 Å². The molecule has 0 aliphatic carbocycles. The van der Waals surface area contributed by atoms with Crippen molar-refractivity contribution in [3.05, 3.63) is 69.5 Å². The van der Waals surface area contributed by atoms with Crippen LogP contribution in [0.15, 0.2) is 42.5 Å². The van der Waals surface area contributed by atoms with Crippen molar-refractivity contribution in [2.24, 2.45) is 0 Å². The number of nitrogens with zero attached hydrogens (tertiary/aromatic N) is 3. The van der Waals surface area contributed by atoms with Crippen LogP contribution in [0.5, 0.6) is 0 Å². The molecule has 0 spiro atoms. The van der Waals surface area contributed by atoms with E-state index in [9.17, 15) is 32.5 Å². The zero-order chi connectivity index (χ0) is 26.5. The predicted octanol–water partition coefficient (Wildman–Crippen LogP) is 2.75. The van der Waals surface area contributed by atoms with Crippen molar-refractivity contribution in [1.82, 2.24) is 10.2 Å². The van der Waals surface area contributed by atoms with Gasteiger partial charge in [0.1, 0.15) is 18.4 Å². The van der Waals surface area contributed by atoms with E-state index in [-0.39, 0.29) is 24.0 Å². The third-order valence-electron chi connectivity index (χ3n) is 5.22. The number of hydrogen-bond donors (Lipinski definition) is 1. The Bertz CT molecular complexity index is 1200. The maximum Gasteiger partial charge on any atom is 0.271 e. The molecular weight excluding hydrogens is 479 g/mol. The van der Waals surface area contributed by atoms with Crippen LogP contribution in [0, 0.1) is 22.9 Å². The van der Waals surface area contributed by atoms with Crippen LogP contribution in [0.2, 0.25) is 0 Å². The third kappa shape index (κ3) is 7.47. The highest BCUT2D eigenvalue weighted by Gasteiger charge is 2.31. The molecule has 12 heteroatoms. The van der Waals surface area contributed by atoms with Crippen LogP contribution in [0.25, 0.3) is 0 Å². The summed E-state index contributed by atoms with van der Waals surface area (Å²) in [6.45, 7) is 5.80. The monoisotopic (exact) mass is 508 g/mol. The summed E-state index contributed by atoms with van der Waals surface area (Å²) in [7, 11) is -4.04. The molecule has 190 valence electrons. The van der Waals surface area contributed by atoms with Gasteiger partial charge in [-0.05, 0) is 51.0 Å². The van der Waals surface area contributed by atoms with Gasteiger partial charge in [0.2, 0.25) is 21.8 Å². The van der Waals surface area contributed by atoms with E-state index in [1.165, 1.54) is 48.2 Å². The first-order chi connectivity index (χ1) is 16.2. The van der Waals surface area contributed by atoms with Crippen molar-refractivity contribution in [2.45, 2.75) is 46.3 Å². The minimum Gasteiger partial charge on any atom is -0.352 e. The van der Waals surface area contributed by atoms with Crippen LogP contribution >= 0.6 is 0 Å². The van der Waals surface area contributed by atoms with Crippen LogP contribution in [-0.4, -0.2) is 54.9 Å². The summed E-state index contributed by atoms with van der Waals surface area (Å²) in [6.07, 6.45) is 0.887. The summed E-state index contributed by atoms with van der Waals surface area (Å²) in [4.78, 5) is 37.9. The molecule has 2 aromatic carbocycles. The lowest BCUT2D eigenvalue weighted by Crippen LogP contribution is -2.52. The lowest BCUT2D eigenvalue weighted by atomic mass is 10.1. The molecule has 0 heterocycles. The van der Waals surface area contributed by atoms with Crippen molar-refractivity contribution in [3.8, 4) is 0 Å². The fourth-order valence-electron chi connectivity index (χ4n) is 3.35. The number of nitrogens with one attached hydrogen (secondary N) is 1. The number of nitro groups is 1. The van der Waals surface area contributed by atoms with E-state index < -0.39 is 45.2 Å². The number of non-ortho nitro benzene ring substituents is 1. The molecule has 2 rings (SSSR count). The Kier molecular flexibility index (Phi) is 8.91. The number of halogens is 1. The molecule has 0 saturated carbocycles. The minimum absolute atomic E-state index is 0.0175. The fraction of sp³-hybridized carbons (Fsp3) is 0.391.